The van der Waals surface area contributed by atoms with E-state index in [1.54, 1.807) is 11.3 Å². The minimum absolute atomic E-state index is 0.780. The molecule has 2 heterocycles. The van der Waals surface area contributed by atoms with E-state index < -0.39 is 0 Å². The first-order valence-electron chi connectivity index (χ1n) is 8.77. The second kappa shape index (κ2) is 7.60. The summed E-state index contributed by atoms with van der Waals surface area (Å²) < 4.78 is 2.23. The predicted octanol–water partition coefficient (Wildman–Crippen LogP) is 5.66. The molecule has 0 atom stereocenters. The lowest BCUT2D eigenvalue weighted by atomic mass is 10.2. The third kappa shape index (κ3) is 3.68. The largest absolute Gasteiger partial charge is 0.318 e. The minimum Gasteiger partial charge on any atom is -0.318 e. The van der Waals surface area contributed by atoms with Crippen molar-refractivity contribution < 1.29 is 0 Å². The van der Waals surface area contributed by atoms with Crippen LogP contribution in [0.1, 0.15) is 17.0 Å². The highest BCUT2D eigenvalue weighted by Crippen LogP contribution is 2.24. The van der Waals surface area contributed by atoms with Gasteiger partial charge >= 0.3 is 0 Å². The quantitative estimate of drug-likeness (QED) is 0.363. The van der Waals surface area contributed by atoms with Crippen LogP contribution < -0.4 is 5.43 Å². The molecule has 0 radical (unpaired) electrons. The topological polar surface area (TPSA) is 42.2 Å². The summed E-state index contributed by atoms with van der Waals surface area (Å²) >= 11 is 1.55. The summed E-state index contributed by atoms with van der Waals surface area (Å²) in [5.74, 6) is 0. The maximum absolute atomic E-state index is 4.59. The molecule has 0 fully saturated rings. The SMILES string of the molecule is Cc1cc(C=NNc2nc(-c3ccccc3)cs2)c(C)n1-c1ccccc1. The first-order chi connectivity index (χ1) is 13.2. The number of anilines is 1. The molecule has 4 nitrogen and oxygen atoms in total. The van der Waals surface area contributed by atoms with Gasteiger partial charge in [-0.2, -0.15) is 5.10 Å². The molecule has 0 aliphatic rings. The predicted molar refractivity (Wildman–Crippen MR) is 114 cm³/mol. The van der Waals surface area contributed by atoms with Crippen LogP contribution in [-0.2, 0) is 0 Å². The van der Waals surface area contributed by atoms with Crippen molar-refractivity contribution in [2.75, 3.05) is 5.43 Å². The van der Waals surface area contributed by atoms with E-state index in [-0.39, 0.29) is 0 Å². The van der Waals surface area contributed by atoms with Crippen molar-refractivity contribution in [1.29, 1.82) is 0 Å². The Morgan fingerprint density at radius 1 is 1.00 bits per heavy atom. The Morgan fingerprint density at radius 2 is 1.70 bits per heavy atom. The number of hydrogen-bond acceptors (Lipinski definition) is 4. The van der Waals surface area contributed by atoms with Crippen LogP contribution in [0.25, 0.3) is 16.9 Å². The number of thiazole rings is 1. The lowest BCUT2D eigenvalue weighted by Crippen LogP contribution is -1.99. The molecule has 134 valence electrons. The second-order valence-corrected chi connectivity index (χ2v) is 7.13. The van der Waals surface area contributed by atoms with Gasteiger partial charge in [0.05, 0.1) is 11.9 Å². The summed E-state index contributed by atoms with van der Waals surface area (Å²) in [7, 11) is 0. The Kier molecular flexibility index (Phi) is 4.85. The number of aromatic nitrogens is 2. The lowest BCUT2D eigenvalue weighted by molar-refractivity contribution is 0.965. The molecule has 0 aliphatic carbocycles. The number of para-hydroxylation sites is 1. The molecule has 4 rings (SSSR count). The van der Waals surface area contributed by atoms with Crippen molar-refractivity contribution in [3.63, 3.8) is 0 Å². The summed E-state index contributed by atoms with van der Waals surface area (Å²) in [6.45, 7) is 4.22. The molecular weight excluding hydrogens is 352 g/mol. The third-order valence-corrected chi connectivity index (χ3v) is 5.17. The van der Waals surface area contributed by atoms with Gasteiger partial charge in [-0.05, 0) is 32.0 Å². The van der Waals surface area contributed by atoms with E-state index in [1.807, 2.05) is 35.9 Å². The first kappa shape index (κ1) is 17.2. The number of aryl methyl sites for hydroxylation is 1. The van der Waals surface area contributed by atoms with E-state index in [2.05, 4.69) is 76.4 Å². The Morgan fingerprint density at radius 3 is 2.44 bits per heavy atom. The molecule has 0 spiro atoms. The standard InChI is InChI=1S/C22H20N4S/c1-16-13-19(17(2)26(16)20-11-7-4-8-12-20)14-23-25-22-24-21(15-27-22)18-9-5-3-6-10-18/h3-15H,1-2H3,(H,24,25). The van der Waals surface area contributed by atoms with Gasteiger partial charge in [-0.25, -0.2) is 4.98 Å². The first-order valence-corrected chi connectivity index (χ1v) is 9.65. The van der Waals surface area contributed by atoms with Crippen molar-refractivity contribution >= 4 is 22.7 Å². The monoisotopic (exact) mass is 372 g/mol. The summed E-state index contributed by atoms with van der Waals surface area (Å²) in [5.41, 5.74) is 9.70. The van der Waals surface area contributed by atoms with Crippen LogP contribution in [0, 0.1) is 13.8 Å². The van der Waals surface area contributed by atoms with Gasteiger partial charge in [0, 0.05) is 33.6 Å². The number of benzene rings is 2. The second-order valence-electron chi connectivity index (χ2n) is 6.27. The molecule has 5 heteroatoms. The Labute approximate surface area is 162 Å². The van der Waals surface area contributed by atoms with Gasteiger partial charge < -0.3 is 4.57 Å². The smallest absolute Gasteiger partial charge is 0.203 e. The number of nitrogens with one attached hydrogen (secondary N) is 1. The molecule has 0 bridgehead atoms. The van der Waals surface area contributed by atoms with Gasteiger partial charge in [-0.15, -0.1) is 11.3 Å². The van der Waals surface area contributed by atoms with Crippen molar-refractivity contribution in [2.45, 2.75) is 13.8 Å². The van der Waals surface area contributed by atoms with Crippen LogP contribution in [0.4, 0.5) is 5.13 Å². The highest BCUT2D eigenvalue weighted by molar-refractivity contribution is 7.14. The zero-order valence-corrected chi connectivity index (χ0v) is 16.1. The number of nitrogens with zero attached hydrogens (tertiary/aromatic N) is 3. The van der Waals surface area contributed by atoms with E-state index in [0.717, 1.165) is 33.3 Å². The van der Waals surface area contributed by atoms with E-state index in [0.29, 0.717) is 0 Å². The van der Waals surface area contributed by atoms with Crippen LogP contribution >= 0.6 is 11.3 Å². The van der Waals surface area contributed by atoms with Gasteiger partial charge in [0.25, 0.3) is 0 Å². The van der Waals surface area contributed by atoms with E-state index >= 15 is 0 Å². The molecule has 0 aliphatic heterocycles. The van der Waals surface area contributed by atoms with E-state index in [1.165, 1.54) is 5.69 Å². The molecule has 2 aromatic heterocycles. The number of hydrogen-bond donors (Lipinski definition) is 1. The van der Waals surface area contributed by atoms with Crippen LogP contribution in [0.2, 0.25) is 0 Å². The van der Waals surface area contributed by atoms with Crippen molar-refractivity contribution in [2.24, 2.45) is 5.10 Å². The molecule has 0 unspecified atom stereocenters. The number of hydrazone groups is 1. The fraction of sp³-hybridized carbons (Fsp3) is 0.0909. The van der Waals surface area contributed by atoms with Gasteiger partial charge in [-0.3, -0.25) is 5.43 Å². The highest BCUT2D eigenvalue weighted by Gasteiger charge is 2.09. The maximum atomic E-state index is 4.59. The van der Waals surface area contributed by atoms with Gasteiger partial charge in [0.2, 0.25) is 5.13 Å². The van der Waals surface area contributed by atoms with Crippen LogP contribution in [-0.4, -0.2) is 15.8 Å². The zero-order chi connectivity index (χ0) is 18.6. The average molecular weight is 372 g/mol. The third-order valence-electron chi connectivity index (χ3n) is 4.42. The van der Waals surface area contributed by atoms with Crippen LogP contribution in [0.3, 0.4) is 0 Å². The van der Waals surface area contributed by atoms with Crippen molar-refractivity contribution in [3.05, 3.63) is 89.1 Å². The summed E-state index contributed by atoms with van der Waals surface area (Å²) in [5, 5.41) is 7.20. The molecule has 2 aromatic carbocycles. The summed E-state index contributed by atoms with van der Waals surface area (Å²) in [6.07, 6.45) is 1.85. The fourth-order valence-corrected chi connectivity index (χ4v) is 3.78. The van der Waals surface area contributed by atoms with Crippen LogP contribution in [0.15, 0.2) is 77.2 Å². The zero-order valence-electron chi connectivity index (χ0n) is 15.3. The molecule has 0 saturated carbocycles. The summed E-state index contributed by atoms with van der Waals surface area (Å²) in [4.78, 5) is 4.59. The van der Waals surface area contributed by atoms with E-state index in [4.69, 9.17) is 0 Å². The van der Waals surface area contributed by atoms with Crippen LogP contribution in [0.5, 0.6) is 0 Å². The molecule has 4 aromatic rings. The van der Waals surface area contributed by atoms with Gasteiger partial charge in [0.15, 0.2) is 0 Å². The average Bonchev–Trinajstić information content (AvgIpc) is 3.28. The summed E-state index contributed by atoms with van der Waals surface area (Å²) in [6, 6.07) is 22.6. The Bertz CT molecular complexity index is 1060. The lowest BCUT2D eigenvalue weighted by Gasteiger charge is -2.08. The molecular formula is C22H20N4S. The Hall–Kier alpha value is -3.18. The van der Waals surface area contributed by atoms with Gasteiger partial charge in [-0.1, -0.05) is 48.5 Å². The Balaban J connectivity index is 1.51. The van der Waals surface area contributed by atoms with E-state index in [9.17, 15) is 0 Å². The molecule has 1 N–H and O–H groups in total. The maximum Gasteiger partial charge on any atom is 0.203 e. The van der Waals surface area contributed by atoms with Crippen molar-refractivity contribution in [3.8, 4) is 16.9 Å². The van der Waals surface area contributed by atoms with Crippen molar-refractivity contribution in [1.82, 2.24) is 9.55 Å². The number of rotatable bonds is 5. The fourth-order valence-electron chi connectivity index (χ4n) is 3.12. The molecule has 0 amide bonds. The normalized spacial score (nSPS) is 11.2. The highest BCUT2D eigenvalue weighted by atomic mass is 32.1. The molecule has 27 heavy (non-hydrogen) atoms. The minimum atomic E-state index is 0.780. The molecule has 0 saturated heterocycles. The van der Waals surface area contributed by atoms with Gasteiger partial charge in [0.1, 0.15) is 0 Å².